The largest absolute Gasteiger partial charge is 0.395 e. The van der Waals surface area contributed by atoms with Crippen LogP contribution in [0.1, 0.15) is 28.7 Å². The number of hydrogen-bond donors (Lipinski definition) is 2. The van der Waals surface area contributed by atoms with Gasteiger partial charge in [0.1, 0.15) is 11.5 Å². The normalized spacial score (nSPS) is 10.6. The lowest BCUT2D eigenvalue weighted by atomic mass is 10.1. The van der Waals surface area contributed by atoms with Gasteiger partial charge in [-0.3, -0.25) is 9.48 Å². The zero-order chi connectivity index (χ0) is 15.4. The fourth-order valence-corrected chi connectivity index (χ4v) is 2.16. The Morgan fingerprint density at radius 3 is 2.81 bits per heavy atom. The van der Waals surface area contributed by atoms with Crippen molar-refractivity contribution in [2.24, 2.45) is 0 Å². The fourth-order valence-electron chi connectivity index (χ4n) is 2.16. The van der Waals surface area contributed by atoms with E-state index in [0.717, 1.165) is 0 Å². The number of hydrogen-bond acceptors (Lipinski definition) is 3. The van der Waals surface area contributed by atoms with E-state index in [0.29, 0.717) is 42.1 Å². The Kier molecular flexibility index (Phi) is 4.57. The summed E-state index contributed by atoms with van der Waals surface area (Å²) in [5.41, 5.74) is 7.85. The molecule has 2 rings (SSSR count). The summed E-state index contributed by atoms with van der Waals surface area (Å²) in [7, 11) is 0. The van der Waals surface area contributed by atoms with Gasteiger partial charge in [-0.1, -0.05) is 18.2 Å². The quantitative estimate of drug-likeness (QED) is 0.883. The van der Waals surface area contributed by atoms with Gasteiger partial charge in [-0.2, -0.15) is 5.10 Å². The minimum atomic E-state index is -0.286. The van der Waals surface area contributed by atoms with E-state index >= 15 is 0 Å². The molecule has 3 N–H and O–H groups in total. The third-order valence-corrected chi connectivity index (χ3v) is 3.33. The van der Waals surface area contributed by atoms with Crippen LogP contribution in [0, 0.1) is 12.7 Å². The summed E-state index contributed by atoms with van der Waals surface area (Å²) in [5.74, 6) is -0.549. The second-order valence-electron chi connectivity index (χ2n) is 4.76. The van der Waals surface area contributed by atoms with Crippen LogP contribution in [0.25, 0.3) is 0 Å². The van der Waals surface area contributed by atoms with Crippen molar-refractivity contribution in [1.82, 2.24) is 15.1 Å². The Labute approximate surface area is 123 Å². The van der Waals surface area contributed by atoms with Crippen molar-refractivity contribution in [3.8, 4) is 0 Å². The molecule has 1 aromatic carbocycles. The molecule has 0 aliphatic carbocycles. The molecule has 1 aromatic heterocycles. The lowest BCUT2D eigenvalue weighted by Gasteiger charge is -2.08. The Hall–Kier alpha value is -2.37. The molecule has 0 bridgehead atoms. The molecule has 0 aliphatic rings. The molecule has 0 aliphatic heterocycles. The number of aryl methyl sites for hydroxylation is 2. The van der Waals surface area contributed by atoms with Crippen LogP contribution in [0.5, 0.6) is 0 Å². The highest BCUT2D eigenvalue weighted by Gasteiger charge is 2.18. The van der Waals surface area contributed by atoms with Gasteiger partial charge >= 0.3 is 0 Å². The minimum absolute atomic E-state index is 0.263. The van der Waals surface area contributed by atoms with Crippen molar-refractivity contribution in [1.29, 1.82) is 0 Å². The van der Waals surface area contributed by atoms with Gasteiger partial charge in [-0.15, -0.1) is 0 Å². The van der Waals surface area contributed by atoms with E-state index in [4.69, 9.17) is 5.73 Å². The van der Waals surface area contributed by atoms with E-state index in [9.17, 15) is 9.18 Å². The lowest BCUT2D eigenvalue weighted by molar-refractivity contribution is 0.0944. The number of amides is 1. The second-order valence-corrected chi connectivity index (χ2v) is 4.76. The molecule has 6 heteroatoms. The number of halogens is 1. The van der Waals surface area contributed by atoms with Crippen molar-refractivity contribution < 1.29 is 9.18 Å². The van der Waals surface area contributed by atoms with Crippen molar-refractivity contribution in [3.05, 3.63) is 47.0 Å². The van der Waals surface area contributed by atoms with E-state index in [1.165, 1.54) is 6.07 Å². The lowest BCUT2D eigenvalue weighted by Crippen LogP contribution is -2.29. The summed E-state index contributed by atoms with van der Waals surface area (Å²) in [5, 5.41) is 6.96. The van der Waals surface area contributed by atoms with Gasteiger partial charge in [0.15, 0.2) is 0 Å². The monoisotopic (exact) mass is 290 g/mol. The predicted octanol–water partition coefficient (Wildman–Crippen LogP) is 1.91. The maximum absolute atomic E-state index is 13.5. The summed E-state index contributed by atoms with van der Waals surface area (Å²) in [6, 6.07) is 6.52. The minimum Gasteiger partial charge on any atom is -0.395 e. The first kappa shape index (κ1) is 15.0. The van der Waals surface area contributed by atoms with Crippen molar-refractivity contribution in [3.63, 3.8) is 0 Å². The molecule has 21 heavy (non-hydrogen) atoms. The van der Waals surface area contributed by atoms with Crippen molar-refractivity contribution in [2.45, 2.75) is 26.8 Å². The first-order valence-electron chi connectivity index (χ1n) is 6.89. The molecule has 0 radical (unpaired) electrons. The number of benzene rings is 1. The van der Waals surface area contributed by atoms with E-state index in [2.05, 4.69) is 10.4 Å². The van der Waals surface area contributed by atoms with Crippen LogP contribution in [0.2, 0.25) is 0 Å². The molecule has 0 spiro atoms. The van der Waals surface area contributed by atoms with Crippen LogP contribution >= 0.6 is 0 Å². The third-order valence-electron chi connectivity index (χ3n) is 3.33. The molecular formula is C15H19FN4O. The number of carbonyl (C=O) groups excluding carboxylic acids is 1. The molecule has 0 unspecified atom stereocenters. The Bertz CT molecular complexity index is 651. The molecule has 0 fully saturated rings. The molecule has 1 heterocycles. The maximum Gasteiger partial charge on any atom is 0.271 e. The van der Waals surface area contributed by atoms with Crippen LogP contribution in [0.15, 0.2) is 24.3 Å². The zero-order valence-corrected chi connectivity index (χ0v) is 12.2. The zero-order valence-electron chi connectivity index (χ0n) is 12.2. The average Bonchev–Trinajstić information content (AvgIpc) is 2.76. The number of nitrogens with one attached hydrogen (secondary N) is 1. The van der Waals surface area contributed by atoms with E-state index < -0.39 is 0 Å². The summed E-state index contributed by atoms with van der Waals surface area (Å²) in [4.78, 5) is 12.2. The summed E-state index contributed by atoms with van der Waals surface area (Å²) < 4.78 is 15.0. The van der Waals surface area contributed by atoms with Gasteiger partial charge in [0.05, 0.1) is 11.4 Å². The number of anilines is 1. The summed E-state index contributed by atoms with van der Waals surface area (Å²) >= 11 is 0. The molecule has 0 saturated carbocycles. The van der Waals surface area contributed by atoms with Crippen LogP contribution in [0.4, 0.5) is 10.1 Å². The van der Waals surface area contributed by atoms with Gasteiger partial charge in [0.25, 0.3) is 5.91 Å². The van der Waals surface area contributed by atoms with Gasteiger partial charge in [-0.05, 0) is 31.9 Å². The van der Waals surface area contributed by atoms with E-state index in [1.807, 2.05) is 6.92 Å². The Morgan fingerprint density at radius 1 is 1.43 bits per heavy atom. The van der Waals surface area contributed by atoms with Gasteiger partial charge in [0.2, 0.25) is 0 Å². The number of nitrogen functional groups attached to an aromatic ring is 1. The molecule has 0 saturated heterocycles. The highest BCUT2D eigenvalue weighted by Crippen LogP contribution is 2.16. The highest BCUT2D eigenvalue weighted by atomic mass is 19.1. The van der Waals surface area contributed by atoms with Crippen molar-refractivity contribution >= 4 is 11.6 Å². The number of rotatable bonds is 5. The highest BCUT2D eigenvalue weighted by molar-refractivity contribution is 5.97. The second kappa shape index (κ2) is 6.39. The molecule has 112 valence electrons. The van der Waals surface area contributed by atoms with E-state index in [-0.39, 0.29) is 11.7 Å². The van der Waals surface area contributed by atoms with Crippen LogP contribution in [0.3, 0.4) is 0 Å². The standard InChI is InChI=1S/C15H19FN4O/c1-3-20-14(13(17)10(2)19-20)15(21)18-9-8-11-6-4-5-7-12(11)16/h4-7H,3,8-9,17H2,1-2H3,(H,18,21). The average molecular weight is 290 g/mol. The smallest absolute Gasteiger partial charge is 0.271 e. The fraction of sp³-hybridized carbons (Fsp3) is 0.333. The number of aromatic nitrogens is 2. The number of nitrogens with two attached hydrogens (primary N) is 1. The topological polar surface area (TPSA) is 72.9 Å². The van der Waals surface area contributed by atoms with Crippen LogP contribution in [-0.2, 0) is 13.0 Å². The molecular weight excluding hydrogens is 271 g/mol. The molecule has 1 amide bonds. The molecule has 0 atom stereocenters. The van der Waals surface area contributed by atoms with Crippen LogP contribution < -0.4 is 11.1 Å². The number of carbonyl (C=O) groups is 1. The van der Waals surface area contributed by atoms with E-state index in [1.54, 1.807) is 29.8 Å². The molecule has 5 nitrogen and oxygen atoms in total. The van der Waals surface area contributed by atoms with Crippen LogP contribution in [-0.4, -0.2) is 22.2 Å². The maximum atomic E-state index is 13.5. The summed E-state index contributed by atoms with van der Waals surface area (Å²) in [6.07, 6.45) is 0.428. The third kappa shape index (κ3) is 3.21. The Balaban J connectivity index is 2.01. The van der Waals surface area contributed by atoms with Gasteiger partial charge in [0, 0.05) is 13.1 Å². The van der Waals surface area contributed by atoms with Gasteiger partial charge in [-0.25, -0.2) is 4.39 Å². The summed E-state index contributed by atoms with van der Waals surface area (Å²) in [6.45, 7) is 4.56. The Morgan fingerprint density at radius 2 is 2.14 bits per heavy atom. The SMILES string of the molecule is CCn1nc(C)c(N)c1C(=O)NCCc1ccccc1F. The van der Waals surface area contributed by atoms with Crippen molar-refractivity contribution in [2.75, 3.05) is 12.3 Å². The molecule has 2 aromatic rings. The predicted molar refractivity (Wildman–Crippen MR) is 79.5 cm³/mol. The number of nitrogens with zero attached hydrogens (tertiary/aromatic N) is 2. The first-order valence-corrected chi connectivity index (χ1v) is 6.89. The van der Waals surface area contributed by atoms with Gasteiger partial charge < -0.3 is 11.1 Å². The first-order chi connectivity index (χ1) is 10.0.